The van der Waals surface area contributed by atoms with E-state index >= 15 is 0 Å². The second-order valence-electron chi connectivity index (χ2n) is 4.94. The molecule has 98 valence electrons. The number of Topliss-reactive ketones (excluding diaryl/α,β-unsaturated/α-hetero) is 1. The van der Waals surface area contributed by atoms with Gasteiger partial charge in [0.15, 0.2) is 0 Å². The van der Waals surface area contributed by atoms with Gasteiger partial charge in [-0.25, -0.2) is 0 Å². The molecule has 2 aliphatic heterocycles. The van der Waals surface area contributed by atoms with E-state index in [1.165, 1.54) is 23.7 Å². The zero-order valence-corrected chi connectivity index (χ0v) is 11.1. The van der Waals surface area contributed by atoms with Crippen LogP contribution in [0.15, 0.2) is 6.20 Å². The summed E-state index contributed by atoms with van der Waals surface area (Å²) in [6, 6.07) is 0.496. The van der Waals surface area contributed by atoms with Crippen molar-refractivity contribution in [2.45, 2.75) is 25.0 Å². The number of ketones is 1. The SMILES string of the molecule is Cn1ncc(Cl)c1C(=O)C1CN2CCCC2CO1. The molecule has 0 saturated carbocycles. The minimum Gasteiger partial charge on any atom is -0.367 e. The van der Waals surface area contributed by atoms with Crippen molar-refractivity contribution in [2.24, 2.45) is 7.05 Å². The minimum absolute atomic E-state index is 0.0645. The standard InChI is InChI=1S/C12H16ClN3O2/c1-15-11(9(13)5-14-15)12(17)10-6-16-4-2-3-8(16)7-18-10/h5,8,10H,2-4,6-7H2,1H3. The molecule has 3 heterocycles. The Morgan fingerprint density at radius 2 is 2.44 bits per heavy atom. The molecular formula is C12H16ClN3O2. The van der Waals surface area contributed by atoms with Crippen molar-refractivity contribution in [1.82, 2.24) is 14.7 Å². The van der Waals surface area contributed by atoms with Crippen LogP contribution in [0.3, 0.4) is 0 Å². The lowest BCUT2D eigenvalue weighted by Crippen LogP contribution is -2.49. The molecule has 2 fully saturated rings. The maximum absolute atomic E-state index is 12.4. The van der Waals surface area contributed by atoms with Crippen molar-refractivity contribution in [3.05, 3.63) is 16.9 Å². The largest absolute Gasteiger partial charge is 0.367 e. The number of ether oxygens (including phenoxy) is 1. The average molecular weight is 270 g/mol. The maximum atomic E-state index is 12.4. The summed E-state index contributed by atoms with van der Waals surface area (Å²) < 4.78 is 7.21. The van der Waals surface area contributed by atoms with Gasteiger partial charge in [-0.2, -0.15) is 5.10 Å². The molecule has 0 N–H and O–H groups in total. The van der Waals surface area contributed by atoms with E-state index in [0.29, 0.717) is 29.9 Å². The van der Waals surface area contributed by atoms with E-state index in [-0.39, 0.29) is 5.78 Å². The van der Waals surface area contributed by atoms with Gasteiger partial charge in [-0.1, -0.05) is 11.6 Å². The molecule has 0 spiro atoms. The number of hydrogen-bond donors (Lipinski definition) is 0. The Bertz CT molecular complexity index is 454. The van der Waals surface area contributed by atoms with Gasteiger partial charge in [-0.3, -0.25) is 14.4 Å². The van der Waals surface area contributed by atoms with E-state index in [2.05, 4.69) is 10.00 Å². The van der Waals surface area contributed by atoms with Gasteiger partial charge >= 0.3 is 0 Å². The summed E-state index contributed by atoms with van der Waals surface area (Å²) in [5.74, 6) is -0.0645. The lowest BCUT2D eigenvalue weighted by atomic mass is 10.1. The van der Waals surface area contributed by atoms with Gasteiger partial charge in [0.05, 0.1) is 17.8 Å². The Morgan fingerprint density at radius 1 is 1.61 bits per heavy atom. The van der Waals surface area contributed by atoms with Crippen molar-refractivity contribution in [1.29, 1.82) is 0 Å². The first-order valence-corrected chi connectivity index (χ1v) is 6.62. The fourth-order valence-corrected chi connectivity index (χ4v) is 3.08. The summed E-state index contributed by atoms with van der Waals surface area (Å²) in [6.07, 6.45) is 3.46. The minimum atomic E-state index is -0.410. The lowest BCUT2D eigenvalue weighted by molar-refractivity contribution is -0.0348. The van der Waals surface area contributed by atoms with E-state index in [0.717, 1.165) is 6.54 Å². The molecule has 1 aromatic heterocycles. The highest BCUT2D eigenvalue weighted by molar-refractivity contribution is 6.33. The second-order valence-corrected chi connectivity index (χ2v) is 5.35. The van der Waals surface area contributed by atoms with Crippen molar-refractivity contribution in [3.8, 4) is 0 Å². The normalized spacial score (nSPS) is 28.3. The smallest absolute Gasteiger partial charge is 0.212 e. The highest BCUT2D eigenvalue weighted by atomic mass is 35.5. The van der Waals surface area contributed by atoms with Crippen LogP contribution in [-0.4, -0.2) is 52.3 Å². The summed E-state index contributed by atoms with van der Waals surface area (Å²) in [4.78, 5) is 14.7. The van der Waals surface area contributed by atoms with Crippen molar-refractivity contribution in [3.63, 3.8) is 0 Å². The summed E-state index contributed by atoms with van der Waals surface area (Å²) in [6.45, 7) is 2.38. The van der Waals surface area contributed by atoms with Crippen LogP contribution in [0.25, 0.3) is 0 Å². The number of carbonyl (C=O) groups is 1. The third-order valence-corrected chi connectivity index (χ3v) is 4.09. The van der Waals surface area contributed by atoms with Crippen LogP contribution in [0.1, 0.15) is 23.3 Å². The molecule has 0 radical (unpaired) electrons. The quantitative estimate of drug-likeness (QED) is 0.755. The van der Waals surface area contributed by atoms with E-state index in [1.54, 1.807) is 7.05 Å². The molecule has 18 heavy (non-hydrogen) atoms. The second kappa shape index (κ2) is 4.64. The molecule has 2 unspecified atom stereocenters. The number of morpholine rings is 1. The Labute approximate surface area is 111 Å². The van der Waals surface area contributed by atoms with Crippen LogP contribution in [-0.2, 0) is 11.8 Å². The molecule has 1 aromatic rings. The molecule has 0 bridgehead atoms. The molecule has 3 rings (SSSR count). The van der Waals surface area contributed by atoms with Gasteiger partial charge < -0.3 is 4.74 Å². The predicted molar refractivity (Wildman–Crippen MR) is 66.9 cm³/mol. The summed E-state index contributed by atoms with van der Waals surface area (Å²) in [5.41, 5.74) is 0.444. The third-order valence-electron chi connectivity index (χ3n) is 3.81. The number of halogens is 1. The zero-order chi connectivity index (χ0) is 12.7. The first kappa shape index (κ1) is 12.1. The molecule has 0 aromatic carbocycles. The Kier molecular flexibility index (Phi) is 3.13. The molecule has 2 aliphatic rings. The zero-order valence-electron chi connectivity index (χ0n) is 10.3. The number of rotatable bonds is 2. The van der Waals surface area contributed by atoms with Crippen LogP contribution in [0.4, 0.5) is 0 Å². The van der Waals surface area contributed by atoms with Gasteiger partial charge in [0, 0.05) is 19.6 Å². The molecule has 6 heteroatoms. The molecule has 0 amide bonds. The fourth-order valence-electron chi connectivity index (χ4n) is 2.82. The first-order valence-electron chi connectivity index (χ1n) is 6.24. The number of carbonyl (C=O) groups excluding carboxylic acids is 1. The van der Waals surface area contributed by atoms with Gasteiger partial charge in [-0.05, 0) is 19.4 Å². The number of nitrogens with zero attached hydrogens (tertiary/aromatic N) is 3. The van der Waals surface area contributed by atoms with E-state index < -0.39 is 6.10 Å². The highest BCUT2D eigenvalue weighted by Gasteiger charge is 2.36. The van der Waals surface area contributed by atoms with Crippen molar-refractivity contribution < 1.29 is 9.53 Å². The van der Waals surface area contributed by atoms with E-state index in [4.69, 9.17) is 16.3 Å². The maximum Gasteiger partial charge on any atom is 0.212 e. The van der Waals surface area contributed by atoms with Gasteiger partial charge in [-0.15, -0.1) is 0 Å². The third kappa shape index (κ3) is 1.96. The van der Waals surface area contributed by atoms with Crippen molar-refractivity contribution >= 4 is 17.4 Å². The Morgan fingerprint density at radius 3 is 3.17 bits per heavy atom. The van der Waals surface area contributed by atoms with E-state index in [1.807, 2.05) is 0 Å². The fraction of sp³-hybridized carbons (Fsp3) is 0.667. The van der Waals surface area contributed by atoms with E-state index in [9.17, 15) is 4.79 Å². The molecule has 2 saturated heterocycles. The van der Waals surface area contributed by atoms with Crippen LogP contribution < -0.4 is 0 Å². The average Bonchev–Trinajstić information content (AvgIpc) is 2.94. The molecule has 5 nitrogen and oxygen atoms in total. The molecule has 2 atom stereocenters. The molecular weight excluding hydrogens is 254 g/mol. The molecule has 0 aliphatic carbocycles. The highest BCUT2D eigenvalue weighted by Crippen LogP contribution is 2.25. The topological polar surface area (TPSA) is 47.4 Å². The predicted octanol–water partition coefficient (Wildman–Crippen LogP) is 1.12. The van der Waals surface area contributed by atoms with Gasteiger partial charge in [0.2, 0.25) is 5.78 Å². The Hall–Kier alpha value is -0.910. The summed E-state index contributed by atoms with van der Waals surface area (Å²) >= 11 is 6.00. The van der Waals surface area contributed by atoms with Crippen molar-refractivity contribution in [2.75, 3.05) is 19.7 Å². The number of fused-ring (bicyclic) bond motifs is 1. The number of aromatic nitrogens is 2. The first-order chi connectivity index (χ1) is 8.66. The van der Waals surface area contributed by atoms with Gasteiger partial charge in [0.1, 0.15) is 11.8 Å². The van der Waals surface area contributed by atoms with Crippen LogP contribution >= 0.6 is 11.6 Å². The van der Waals surface area contributed by atoms with Crippen LogP contribution in [0, 0.1) is 0 Å². The monoisotopic (exact) mass is 269 g/mol. The lowest BCUT2D eigenvalue weighted by Gasteiger charge is -2.34. The number of aryl methyl sites for hydroxylation is 1. The van der Waals surface area contributed by atoms with Gasteiger partial charge in [0.25, 0.3) is 0 Å². The summed E-state index contributed by atoms with van der Waals surface area (Å²) in [5, 5.41) is 4.39. The van der Waals surface area contributed by atoms with Crippen LogP contribution in [0.5, 0.6) is 0 Å². The summed E-state index contributed by atoms with van der Waals surface area (Å²) in [7, 11) is 1.72. The van der Waals surface area contributed by atoms with Crippen LogP contribution in [0.2, 0.25) is 5.02 Å². The Balaban J connectivity index is 1.77. The number of hydrogen-bond acceptors (Lipinski definition) is 4.